The molecule has 4 nitrogen and oxygen atoms in total. The van der Waals surface area contributed by atoms with Gasteiger partial charge in [0.2, 0.25) is 5.89 Å². The second-order valence-electron chi connectivity index (χ2n) is 8.00. The molecule has 0 saturated heterocycles. The van der Waals surface area contributed by atoms with Gasteiger partial charge < -0.3 is 14.8 Å². The van der Waals surface area contributed by atoms with Gasteiger partial charge in [0.15, 0.2) is 5.58 Å². The molecule has 0 amide bonds. The lowest BCUT2D eigenvalue weighted by molar-refractivity contribution is 0.469. The summed E-state index contributed by atoms with van der Waals surface area (Å²) in [4.78, 5) is 4.60. The van der Waals surface area contributed by atoms with Crippen LogP contribution in [0.4, 0.5) is 5.69 Å². The molecule has 5 aromatic rings. The van der Waals surface area contributed by atoms with Gasteiger partial charge in [-0.05, 0) is 66.4 Å². The molecule has 0 atom stereocenters. The van der Waals surface area contributed by atoms with Crippen molar-refractivity contribution in [3.63, 3.8) is 0 Å². The molecule has 2 N–H and O–H groups in total. The summed E-state index contributed by atoms with van der Waals surface area (Å²) in [6, 6.07) is 30.0. The van der Waals surface area contributed by atoms with Gasteiger partial charge in [-0.15, -0.1) is 0 Å². The summed E-state index contributed by atoms with van der Waals surface area (Å²) in [6.45, 7) is 2.58. The number of fused-ring (bicyclic) bond motifs is 1. The van der Waals surface area contributed by atoms with Crippen molar-refractivity contribution in [2.45, 2.75) is 19.9 Å². The Labute approximate surface area is 187 Å². The van der Waals surface area contributed by atoms with Gasteiger partial charge in [0.05, 0.1) is 0 Å². The van der Waals surface area contributed by atoms with Gasteiger partial charge in [0, 0.05) is 23.4 Å². The minimum absolute atomic E-state index is 0.294. The SMILES string of the molecule is Cc1ccc(-c2nc3ccccc3o2)cc1NCc1cc(Cc2ccccc2)ccc1O. The number of phenolic OH excluding ortho intramolecular Hbond substituents is 1. The Morgan fingerprint density at radius 1 is 0.844 bits per heavy atom. The van der Waals surface area contributed by atoms with Gasteiger partial charge >= 0.3 is 0 Å². The van der Waals surface area contributed by atoms with Crippen molar-refractivity contribution in [2.24, 2.45) is 0 Å². The molecule has 4 aromatic carbocycles. The van der Waals surface area contributed by atoms with Crippen LogP contribution in [0.25, 0.3) is 22.6 Å². The van der Waals surface area contributed by atoms with E-state index in [-0.39, 0.29) is 0 Å². The molecule has 0 fully saturated rings. The number of anilines is 1. The third kappa shape index (κ3) is 4.21. The maximum atomic E-state index is 10.4. The quantitative estimate of drug-likeness (QED) is 0.320. The fraction of sp³-hybridized carbons (Fsp3) is 0.107. The van der Waals surface area contributed by atoms with Gasteiger partial charge in [-0.2, -0.15) is 0 Å². The van der Waals surface area contributed by atoms with E-state index < -0.39 is 0 Å². The van der Waals surface area contributed by atoms with E-state index >= 15 is 0 Å². The standard InChI is InChI=1S/C28H24N2O2/c1-19-11-13-22(28-30-24-9-5-6-10-27(24)32-28)17-25(19)29-18-23-16-21(12-14-26(23)31)15-20-7-3-2-4-8-20/h2-14,16-17,29,31H,15,18H2,1H3. The Kier molecular flexibility index (Phi) is 5.34. The van der Waals surface area contributed by atoms with Crippen molar-refractivity contribution in [1.29, 1.82) is 0 Å². The first kappa shape index (κ1) is 19.9. The van der Waals surface area contributed by atoms with E-state index in [1.54, 1.807) is 6.07 Å². The highest BCUT2D eigenvalue weighted by Crippen LogP contribution is 2.29. The van der Waals surface area contributed by atoms with E-state index in [1.165, 1.54) is 11.1 Å². The monoisotopic (exact) mass is 420 g/mol. The number of nitrogens with zero attached hydrogens (tertiary/aromatic N) is 1. The molecule has 0 spiro atoms. The van der Waals surface area contributed by atoms with Crippen LogP contribution in [0.1, 0.15) is 22.3 Å². The van der Waals surface area contributed by atoms with Crippen LogP contribution in [-0.2, 0) is 13.0 Å². The number of hydrogen-bond donors (Lipinski definition) is 2. The molecule has 0 aliphatic heterocycles. The Morgan fingerprint density at radius 3 is 2.50 bits per heavy atom. The maximum absolute atomic E-state index is 10.4. The van der Waals surface area contributed by atoms with Crippen LogP contribution >= 0.6 is 0 Å². The Balaban J connectivity index is 1.36. The van der Waals surface area contributed by atoms with Gasteiger partial charge in [-0.25, -0.2) is 4.98 Å². The van der Waals surface area contributed by atoms with Crippen molar-refractivity contribution < 1.29 is 9.52 Å². The third-order valence-electron chi connectivity index (χ3n) is 5.64. The molecule has 5 rings (SSSR count). The third-order valence-corrected chi connectivity index (χ3v) is 5.64. The second-order valence-corrected chi connectivity index (χ2v) is 8.00. The highest BCUT2D eigenvalue weighted by atomic mass is 16.3. The highest BCUT2D eigenvalue weighted by Gasteiger charge is 2.11. The van der Waals surface area contributed by atoms with Crippen LogP contribution in [-0.4, -0.2) is 10.1 Å². The topological polar surface area (TPSA) is 58.3 Å². The summed E-state index contributed by atoms with van der Waals surface area (Å²) >= 11 is 0. The number of aromatic nitrogens is 1. The minimum atomic E-state index is 0.294. The molecule has 0 bridgehead atoms. The van der Waals surface area contributed by atoms with Crippen LogP contribution in [0, 0.1) is 6.92 Å². The van der Waals surface area contributed by atoms with Crippen LogP contribution in [0.5, 0.6) is 5.75 Å². The number of para-hydroxylation sites is 2. The summed E-state index contributed by atoms with van der Waals surface area (Å²) in [5.41, 5.74) is 7.92. The molecule has 4 heteroatoms. The van der Waals surface area contributed by atoms with Crippen LogP contribution in [0.15, 0.2) is 95.4 Å². The smallest absolute Gasteiger partial charge is 0.227 e. The molecule has 0 aliphatic rings. The highest BCUT2D eigenvalue weighted by molar-refractivity contribution is 5.77. The molecule has 0 saturated carbocycles. The Hall–Kier alpha value is -4.05. The van der Waals surface area contributed by atoms with E-state index in [0.717, 1.165) is 39.9 Å². The fourth-order valence-corrected chi connectivity index (χ4v) is 3.85. The first-order chi connectivity index (χ1) is 15.7. The molecule has 158 valence electrons. The lowest BCUT2D eigenvalue weighted by atomic mass is 10.0. The molecule has 0 aliphatic carbocycles. The Bertz CT molecular complexity index is 1340. The Morgan fingerprint density at radius 2 is 1.66 bits per heavy atom. The molecule has 1 heterocycles. The van der Waals surface area contributed by atoms with Gasteiger partial charge in [-0.3, -0.25) is 0 Å². The fourth-order valence-electron chi connectivity index (χ4n) is 3.85. The van der Waals surface area contributed by atoms with Gasteiger partial charge in [0.1, 0.15) is 11.3 Å². The number of aromatic hydroxyl groups is 1. The van der Waals surface area contributed by atoms with E-state index in [1.807, 2.05) is 60.7 Å². The first-order valence-electron chi connectivity index (χ1n) is 10.7. The average Bonchev–Trinajstić information content (AvgIpc) is 3.25. The van der Waals surface area contributed by atoms with E-state index in [0.29, 0.717) is 18.2 Å². The summed E-state index contributed by atoms with van der Waals surface area (Å²) < 4.78 is 5.92. The number of oxazole rings is 1. The lowest BCUT2D eigenvalue weighted by Gasteiger charge is -2.13. The zero-order valence-electron chi connectivity index (χ0n) is 17.9. The predicted molar refractivity (Wildman–Crippen MR) is 129 cm³/mol. The zero-order valence-corrected chi connectivity index (χ0v) is 17.9. The van der Waals surface area contributed by atoms with E-state index in [2.05, 4.69) is 41.5 Å². The predicted octanol–water partition coefficient (Wildman–Crippen LogP) is 6.71. The van der Waals surface area contributed by atoms with Crippen LogP contribution < -0.4 is 5.32 Å². The lowest BCUT2D eigenvalue weighted by Crippen LogP contribution is -2.02. The van der Waals surface area contributed by atoms with Crippen molar-refractivity contribution in [3.05, 3.63) is 113 Å². The number of aryl methyl sites for hydroxylation is 1. The first-order valence-corrected chi connectivity index (χ1v) is 10.7. The number of benzene rings is 4. The molecular weight excluding hydrogens is 396 g/mol. The number of hydrogen-bond acceptors (Lipinski definition) is 4. The van der Waals surface area contributed by atoms with Crippen molar-refractivity contribution >= 4 is 16.8 Å². The van der Waals surface area contributed by atoms with Crippen molar-refractivity contribution in [3.8, 4) is 17.2 Å². The molecular formula is C28H24N2O2. The van der Waals surface area contributed by atoms with Crippen LogP contribution in [0.3, 0.4) is 0 Å². The number of phenols is 1. The number of nitrogens with one attached hydrogen (secondary N) is 1. The summed E-state index contributed by atoms with van der Waals surface area (Å²) in [6.07, 6.45) is 0.834. The number of rotatable bonds is 6. The van der Waals surface area contributed by atoms with Gasteiger partial charge in [-0.1, -0.05) is 54.6 Å². The summed E-state index contributed by atoms with van der Waals surface area (Å²) in [5, 5.41) is 13.9. The minimum Gasteiger partial charge on any atom is -0.508 e. The van der Waals surface area contributed by atoms with Gasteiger partial charge in [0.25, 0.3) is 0 Å². The zero-order chi connectivity index (χ0) is 21.9. The van der Waals surface area contributed by atoms with Crippen molar-refractivity contribution in [1.82, 2.24) is 4.98 Å². The van der Waals surface area contributed by atoms with Crippen LogP contribution in [0.2, 0.25) is 0 Å². The molecule has 32 heavy (non-hydrogen) atoms. The molecule has 0 unspecified atom stereocenters. The molecule has 0 radical (unpaired) electrons. The van der Waals surface area contributed by atoms with E-state index in [4.69, 9.17) is 4.42 Å². The second kappa shape index (κ2) is 8.60. The summed E-state index contributed by atoms with van der Waals surface area (Å²) in [5.74, 6) is 0.893. The summed E-state index contributed by atoms with van der Waals surface area (Å²) in [7, 11) is 0. The largest absolute Gasteiger partial charge is 0.508 e. The van der Waals surface area contributed by atoms with E-state index in [9.17, 15) is 5.11 Å². The average molecular weight is 421 g/mol. The maximum Gasteiger partial charge on any atom is 0.227 e. The molecule has 1 aromatic heterocycles. The van der Waals surface area contributed by atoms with Crippen molar-refractivity contribution in [2.75, 3.05) is 5.32 Å². The normalized spacial score (nSPS) is 11.0.